The molecule has 2 aromatic rings. The van der Waals surface area contributed by atoms with Gasteiger partial charge in [-0.15, -0.1) is 0 Å². The van der Waals surface area contributed by atoms with Crippen molar-refractivity contribution < 1.29 is 9.53 Å². The highest BCUT2D eigenvalue weighted by Gasteiger charge is 2.20. The van der Waals surface area contributed by atoms with Crippen molar-refractivity contribution in [2.45, 2.75) is 33.3 Å². The molecule has 0 saturated carbocycles. The van der Waals surface area contributed by atoms with Crippen molar-refractivity contribution in [3.63, 3.8) is 0 Å². The number of rotatable bonds is 5. The molecule has 22 heavy (non-hydrogen) atoms. The highest BCUT2D eigenvalue weighted by molar-refractivity contribution is 6.32. The second-order valence-electron chi connectivity index (χ2n) is 5.20. The maximum Gasteiger partial charge on any atom is 0.265 e. The number of hydrogen-bond acceptors (Lipinski definition) is 2. The van der Waals surface area contributed by atoms with Gasteiger partial charge in [-0.05, 0) is 43.5 Å². The zero-order valence-electron chi connectivity index (χ0n) is 13.0. The lowest BCUT2D eigenvalue weighted by Crippen LogP contribution is -2.32. The van der Waals surface area contributed by atoms with Crippen LogP contribution in [0, 0.1) is 13.8 Å². The SMILES string of the molecule is CC[C@H](Oc1ccccc1Cl)C(=O)Nc1c(C)cccc1C. The molecule has 0 heterocycles. The average Bonchev–Trinajstić information content (AvgIpc) is 2.50. The molecule has 0 bridgehead atoms. The summed E-state index contributed by atoms with van der Waals surface area (Å²) in [6.07, 6.45) is -0.0268. The molecular formula is C18H20ClNO2. The molecule has 0 unspecified atom stereocenters. The van der Waals surface area contributed by atoms with Crippen LogP contribution < -0.4 is 10.1 Å². The summed E-state index contributed by atoms with van der Waals surface area (Å²) in [5.41, 5.74) is 2.90. The van der Waals surface area contributed by atoms with E-state index in [-0.39, 0.29) is 5.91 Å². The number of para-hydroxylation sites is 2. The van der Waals surface area contributed by atoms with Crippen molar-refractivity contribution >= 4 is 23.2 Å². The molecule has 0 aromatic heterocycles. The number of carbonyl (C=O) groups is 1. The van der Waals surface area contributed by atoms with Crippen LogP contribution in [0.3, 0.4) is 0 Å². The number of halogens is 1. The maximum atomic E-state index is 12.5. The Hall–Kier alpha value is -2.00. The van der Waals surface area contributed by atoms with Crippen LogP contribution in [0.25, 0.3) is 0 Å². The van der Waals surface area contributed by atoms with Gasteiger partial charge in [-0.2, -0.15) is 0 Å². The minimum Gasteiger partial charge on any atom is -0.479 e. The zero-order valence-corrected chi connectivity index (χ0v) is 13.8. The summed E-state index contributed by atoms with van der Waals surface area (Å²) >= 11 is 6.08. The molecule has 2 aromatic carbocycles. The van der Waals surface area contributed by atoms with Gasteiger partial charge in [-0.3, -0.25) is 4.79 Å². The Morgan fingerprint density at radius 2 is 1.77 bits per heavy atom. The van der Waals surface area contributed by atoms with Crippen LogP contribution in [0.15, 0.2) is 42.5 Å². The number of anilines is 1. The van der Waals surface area contributed by atoms with Crippen LogP contribution in [0.1, 0.15) is 24.5 Å². The third kappa shape index (κ3) is 3.80. The van der Waals surface area contributed by atoms with E-state index >= 15 is 0 Å². The predicted molar refractivity (Wildman–Crippen MR) is 90.7 cm³/mol. The van der Waals surface area contributed by atoms with E-state index in [1.165, 1.54) is 0 Å². The number of ether oxygens (including phenoxy) is 1. The molecule has 3 nitrogen and oxygen atoms in total. The molecule has 2 rings (SSSR count). The first-order valence-electron chi connectivity index (χ1n) is 7.31. The highest BCUT2D eigenvalue weighted by atomic mass is 35.5. The van der Waals surface area contributed by atoms with E-state index in [2.05, 4.69) is 5.32 Å². The summed E-state index contributed by atoms with van der Waals surface area (Å²) < 4.78 is 5.76. The summed E-state index contributed by atoms with van der Waals surface area (Å²) in [6, 6.07) is 13.1. The second kappa shape index (κ2) is 7.32. The van der Waals surface area contributed by atoms with Gasteiger partial charge in [0.05, 0.1) is 5.02 Å². The minimum absolute atomic E-state index is 0.167. The fraction of sp³-hybridized carbons (Fsp3) is 0.278. The molecule has 1 amide bonds. The first kappa shape index (κ1) is 16.4. The Kier molecular flexibility index (Phi) is 5.45. The molecule has 116 valence electrons. The number of aryl methyl sites for hydroxylation is 2. The van der Waals surface area contributed by atoms with E-state index in [1.54, 1.807) is 12.1 Å². The van der Waals surface area contributed by atoms with E-state index in [1.807, 2.05) is 51.1 Å². The summed E-state index contributed by atoms with van der Waals surface area (Å²) in [5.74, 6) is 0.354. The van der Waals surface area contributed by atoms with Gasteiger partial charge in [0.25, 0.3) is 5.91 Å². The van der Waals surface area contributed by atoms with Gasteiger partial charge in [0.15, 0.2) is 6.10 Å². The molecule has 0 aliphatic rings. The maximum absolute atomic E-state index is 12.5. The van der Waals surface area contributed by atoms with Crippen LogP contribution in [0.4, 0.5) is 5.69 Å². The van der Waals surface area contributed by atoms with Gasteiger partial charge in [0.2, 0.25) is 0 Å². The van der Waals surface area contributed by atoms with Crippen molar-refractivity contribution in [1.82, 2.24) is 0 Å². The molecule has 0 spiro atoms. The number of amides is 1. The van der Waals surface area contributed by atoms with E-state index in [0.717, 1.165) is 16.8 Å². The summed E-state index contributed by atoms with van der Waals surface area (Å²) in [6.45, 7) is 5.85. The normalized spacial score (nSPS) is 11.8. The van der Waals surface area contributed by atoms with Gasteiger partial charge in [0.1, 0.15) is 5.75 Å². The molecule has 1 N–H and O–H groups in total. The van der Waals surface area contributed by atoms with Crippen LogP contribution in [0.5, 0.6) is 5.75 Å². The molecule has 0 fully saturated rings. The van der Waals surface area contributed by atoms with Gasteiger partial charge < -0.3 is 10.1 Å². The molecule has 1 atom stereocenters. The monoisotopic (exact) mass is 317 g/mol. The van der Waals surface area contributed by atoms with Crippen LogP contribution in [-0.2, 0) is 4.79 Å². The molecule has 0 aliphatic carbocycles. The van der Waals surface area contributed by atoms with Crippen molar-refractivity contribution in [2.24, 2.45) is 0 Å². The topological polar surface area (TPSA) is 38.3 Å². The molecular weight excluding hydrogens is 298 g/mol. The van der Waals surface area contributed by atoms with Crippen LogP contribution >= 0.6 is 11.6 Å². The first-order chi connectivity index (χ1) is 10.5. The number of benzene rings is 2. The van der Waals surface area contributed by atoms with E-state index < -0.39 is 6.10 Å². The lowest BCUT2D eigenvalue weighted by Gasteiger charge is -2.19. The third-order valence-electron chi connectivity index (χ3n) is 3.50. The Balaban J connectivity index is 2.14. The summed E-state index contributed by atoms with van der Waals surface area (Å²) in [4.78, 5) is 12.5. The summed E-state index contributed by atoms with van der Waals surface area (Å²) in [7, 11) is 0. The number of nitrogens with one attached hydrogen (secondary N) is 1. The Bertz CT molecular complexity index is 650. The number of carbonyl (C=O) groups excluding carboxylic acids is 1. The Morgan fingerprint density at radius 1 is 1.14 bits per heavy atom. The van der Waals surface area contributed by atoms with E-state index in [4.69, 9.17) is 16.3 Å². The first-order valence-corrected chi connectivity index (χ1v) is 7.69. The molecule has 0 saturated heterocycles. The molecule has 4 heteroatoms. The van der Waals surface area contributed by atoms with Crippen molar-refractivity contribution in [1.29, 1.82) is 0 Å². The lowest BCUT2D eigenvalue weighted by molar-refractivity contribution is -0.122. The summed E-state index contributed by atoms with van der Waals surface area (Å²) in [5, 5.41) is 3.46. The smallest absolute Gasteiger partial charge is 0.265 e. The van der Waals surface area contributed by atoms with Crippen molar-refractivity contribution in [3.8, 4) is 5.75 Å². The average molecular weight is 318 g/mol. The highest BCUT2D eigenvalue weighted by Crippen LogP contribution is 2.26. The second-order valence-corrected chi connectivity index (χ2v) is 5.61. The zero-order chi connectivity index (χ0) is 16.1. The quantitative estimate of drug-likeness (QED) is 0.864. The fourth-order valence-corrected chi connectivity index (χ4v) is 2.41. The largest absolute Gasteiger partial charge is 0.479 e. The van der Waals surface area contributed by atoms with E-state index in [0.29, 0.717) is 17.2 Å². The lowest BCUT2D eigenvalue weighted by atomic mass is 10.1. The fourth-order valence-electron chi connectivity index (χ4n) is 2.23. The standard InChI is InChI=1S/C18H20ClNO2/c1-4-15(22-16-11-6-5-10-14(16)19)18(21)20-17-12(2)8-7-9-13(17)3/h5-11,15H,4H2,1-3H3,(H,20,21)/t15-/m0/s1. The molecule has 0 aliphatic heterocycles. The van der Waals surface area contributed by atoms with E-state index in [9.17, 15) is 4.79 Å². The van der Waals surface area contributed by atoms with Crippen molar-refractivity contribution in [2.75, 3.05) is 5.32 Å². The number of hydrogen-bond donors (Lipinski definition) is 1. The van der Waals surface area contributed by atoms with Crippen LogP contribution in [-0.4, -0.2) is 12.0 Å². The van der Waals surface area contributed by atoms with Gasteiger partial charge in [-0.1, -0.05) is 48.9 Å². The van der Waals surface area contributed by atoms with Gasteiger partial charge >= 0.3 is 0 Å². The Labute approximate surface area is 136 Å². The predicted octanol–water partition coefficient (Wildman–Crippen LogP) is 4.75. The molecule has 0 radical (unpaired) electrons. The van der Waals surface area contributed by atoms with Crippen LogP contribution in [0.2, 0.25) is 5.02 Å². The van der Waals surface area contributed by atoms with Crippen molar-refractivity contribution in [3.05, 3.63) is 58.6 Å². The minimum atomic E-state index is -0.584. The van der Waals surface area contributed by atoms with Gasteiger partial charge in [-0.25, -0.2) is 0 Å². The third-order valence-corrected chi connectivity index (χ3v) is 3.81. The van der Waals surface area contributed by atoms with Gasteiger partial charge in [0, 0.05) is 5.69 Å². The Morgan fingerprint density at radius 3 is 2.36 bits per heavy atom.